The van der Waals surface area contributed by atoms with Crippen molar-refractivity contribution in [2.24, 2.45) is 0 Å². The van der Waals surface area contributed by atoms with Crippen molar-refractivity contribution in [2.45, 2.75) is 13.3 Å². The lowest BCUT2D eigenvalue weighted by Crippen LogP contribution is -2.49. The van der Waals surface area contributed by atoms with Gasteiger partial charge in [0.15, 0.2) is 5.82 Å². The minimum atomic E-state index is 0.228. The molecule has 0 aliphatic carbocycles. The number of carbonyl (C=O) groups excluding carboxylic acids is 1. The predicted molar refractivity (Wildman–Crippen MR) is 102 cm³/mol. The molecule has 128 valence electrons. The summed E-state index contributed by atoms with van der Waals surface area (Å²) in [5, 5.41) is 5.19. The van der Waals surface area contributed by atoms with Crippen molar-refractivity contribution < 1.29 is 4.79 Å². The van der Waals surface area contributed by atoms with Crippen LogP contribution >= 0.6 is 11.3 Å². The fraction of sp³-hybridized carbons (Fsp3) is 0.316. The Labute approximate surface area is 150 Å². The molecule has 4 rings (SSSR count). The van der Waals surface area contributed by atoms with Crippen LogP contribution in [0.3, 0.4) is 0 Å². The fourth-order valence-corrected chi connectivity index (χ4v) is 3.85. The highest BCUT2D eigenvalue weighted by Gasteiger charge is 2.23. The zero-order chi connectivity index (χ0) is 17.2. The Hall–Kier alpha value is -2.47. The predicted octanol–water partition coefficient (Wildman–Crippen LogP) is 3.42. The first kappa shape index (κ1) is 16.0. The Bertz CT molecular complexity index is 886. The minimum absolute atomic E-state index is 0.228. The first-order valence-electron chi connectivity index (χ1n) is 8.58. The molecule has 0 spiro atoms. The molecular weight excluding hydrogens is 332 g/mol. The summed E-state index contributed by atoms with van der Waals surface area (Å²) in [6.45, 7) is 5.02. The van der Waals surface area contributed by atoms with E-state index in [-0.39, 0.29) is 5.91 Å². The summed E-state index contributed by atoms with van der Waals surface area (Å²) >= 11 is 1.65. The highest BCUT2D eigenvalue weighted by molar-refractivity contribution is 7.08. The number of rotatable bonds is 3. The standard InChI is InChI=1S/C19H20N4OS/c1-2-17(24)22-8-10-23(11-9-22)19-15-5-3-4-6-16(15)20-18(21-19)14-7-12-25-13-14/h3-7,12-13H,2,8-11H2,1H3. The van der Waals surface area contributed by atoms with E-state index in [0.29, 0.717) is 6.42 Å². The van der Waals surface area contributed by atoms with E-state index in [4.69, 9.17) is 9.97 Å². The zero-order valence-electron chi connectivity index (χ0n) is 14.2. The summed E-state index contributed by atoms with van der Waals surface area (Å²) in [5.74, 6) is 1.96. The highest BCUT2D eigenvalue weighted by Crippen LogP contribution is 2.29. The molecule has 3 heterocycles. The van der Waals surface area contributed by atoms with Crippen molar-refractivity contribution in [3.63, 3.8) is 0 Å². The molecule has 1 aliphatic rings. The van der Waals surface area contributed by atoms with Crippen LogP contribution in [-0.2, 0) is 4.79 Å². The number of thiophene rings is 1. The minimum Gasteiger partial charge on any atom is -0.352 e. The number of nitrogens with zero attached hydrogens (tertiary/aromatic N) is 4. The van der Waals surface area contributed by atoms with Gasteiger partial charge in [0.2, 0.25) is 5.91 Å². The van der Waals surface area contributed by atoms with Crippen molar-refractivity contribution in [1.82, 2.24) is 14.9 Å². The van der Waals surface area contributed by atoms with Crippen molar-refractivity contribution >= 4 is 34.0 Å². The number of fused-ring (bicyclic) bond motifs is 1. The quantitative estimate of drug-likeness (QED) is 0.725. The number of carbonyl (C=O) groups is 1. The summed E-state index contributed by atoms with van der Waals surface area (Å²) in [4.78, 5) is 25.7. The molecule has 3 aromatic rings. The van der Waals surface area contributed by atoms with E-state index in [1.54, 1.807) is 11.3 Å². The second kappa shape index (κ2) is 6.80. The third kappa shape index (κ3) is 3.09. The van der Waals surface area contributed by atoms with E-state index < -0.39 is 0 Å². The van der Waals surface area contributed by atoms with Crippen LogP contribution in [0.1, 0.15) is 13.3 Å². The van der Waals surface area contributed by atoms with Crippen LogP contribution in [-0.4, -0.2) is 47.0 Å². The molecule has 5 nitrogen and oxygen atoms in total. The van der Waals surface area contributed by atoms with Gasteiger partial charge in [-0.25, -0.2) is 9.97 Å². The average molecular weight is 352 g/mol. The van der Waals surface area contributed by atoms with Gasteiger partial charge < -0.3 is 9.80 Å². The van der Waals surface area contributed by atoms with E-state index >= 15 is 0 Å². The van der Waals surface area contributed by atoms with Gasteiger partial charge >= 0.3 is 0 Å². The Morgan fingerprint density at radius 1 is 1.12 bits per heavy atom. The van der Waals surface area contributed by atoms with E-state index in [1.165, 1.54) is 0 Å². The number of para-hydroxylation sites is 1. The smallest absolute Gasteiger partial charge is 0.222 e. The monoisotopic (exact) mass is 352 g/mol. The molecule has 0 radical (unpaired) electrons. The van der Waals surface area contributed by atoms with Crippen LogP contribution < -0.4 is 4.90 Å². The lowest BCUT2D eigenvalue weighted by molar-refractivity contribution is -0.131. The van der Waals surface area contributed by atoms with E-state index in [1.807, 2.05) is 35.4 Å². The molecule has 0 N–H and O–H groups in total. The maximum absolute atomic E-state index is 11.9. The number of amides is 1. The SMILES string of the molecule is CCC(=O)N1CCN(c2nc(-c3ccsc3)nc3ccccc23)CC1. The van der Waals surface area contributed by atoms with Crippen molar-refractivity contribution in [2.75, 3.05) is 31.1 Å². The van der Waals surface area contributed by atoms with Crippen molar-refractivity contribution in [3.05, 3.63) is 41.1 Å². The summed E-state index contributed by atoms with van der Waals surface area (Å²) in [5.41, 5.74) is 2.01. The van der Waals surface area contributed by atoms with Gasteiger partial charge in [0.05, 0.1) is 5.52 Å². The third-order valence-corrected chi connectivity index (χ3v) is 5.28. The number of anilines is 1. The molecule has 1 aromatic carbocycles. The molecule has 1 aliphatic heterocycles. The Balaban J connectivity index is 1.70. The molecular formula is C19H20N4OS. The Morgan fingerprint density at radius 2 is 1.92 bits per heavy atom. The Kier molecular flexibility index (Phi) is 4.36. The van der Waals surface area contributed by atoms with Crippen LogP contribution in [0, 0.1) is 0 Å². The molecule has 2 aromatic heterocycles. The summed E-state index contributed by atoms with van der Waals surface area (Å²) in [6.07, 6.45) is 0.568. The van der Waals surface area contributed by atoms with Crippen LogP contribution in [0.5, 0.6) is 0 Å². The molecule has 0 unspecified atom stereocenters. The normalized spacial score (nSPS) is 14.9. The van der Waals surface area contributed by atoms with Gasteiger partial charge in [-0.1, -0.05) is 19.1 Å². The molecule has 0 bridgehead atoms. The average Bonchev–Trinajstić information content (AvgIpc) is 3.21. The number of aromatic nitrogens is 2. The van der Waals surface area contributed by atoms with E-state index in [9.17, 15) is 4.79 Å². The number of hydrogen-bond donors (Lipinski definition) is 0. The van der Waals surface area contributed by atoms with Crippen LogP contribution in [0.4, 0.5) is 5.82 Å². The van der Waals surface area contributed by atoms with Crippen molar-refractivity contribution in [1.29, 1.82) is 0 Å². The van der Waals surface area contributed by atoms with Gasteiger partial charge in [0.1, 0.15) is 5.82 Å². The van der Waals surface area contributed by atoms with Gasteiger partial charge in [0, 0.05) is 48.9 Å². The van der Waals surface area contributed by atoms with Gasteiger partial charge in [-0.05, 0) is 23.6 Å². The second-order valence-corrected chi connectivity index (χ2v) is 6.90. The molecule has 6 heteroatoms. The zero-order valence-corrected chi connectivity index (χ0v) is 15.0. The van der Waals surface area contributed by atoms with Gasteiger partial charge in [-0.2, -0.15) is 11.3 Å². The largest absolute Gasteiger partial charge is 0.352 e. The van der Waals surface area contributed by atoms with Crippen LogP contribution in [0.2, 0.25) is 0 Å². The molecule has 0 atom stereocenters. The highest BCUT2D eigenvalue weighted by atomic mass is 32.1. The second-order valence-electron chi connectivity index (χ2n) is 6.12. The van der Waals surface area contributed by atoms with Gasteiger partial charge in [0.25, 0.3) is 0 Å². The molecule has 1 saturated heterocycles. The maximum atomic E-state index is 11.9. The summed E-state index contributed by atoms with van der Waals surface area (Å²) in [6, 6.07) is 10.2. The topological polar surface area (TPSA) is 49.3 Å². The maximum Gasteiger partial charge on any atom is 0.222 e. The van der Waals surface area contributed by atoms with Crippen LogP contribution in [0.25, 0.3) is 22.3 Å². The number of benzene rings is 1. The molecule has 1 fully saturated rings. The first-order valence-corrected chi connectivity index (χ1v) is 9.52. The fourth-order valence-electron chi connectivity index (χ4n) is 3.21. The third-order valence-electron chi connectivity index (χ3n) is 4.60. The molecule has 1 amide bonds. The molecule has 0 saturated carbocycles. The summed E-state index contributed by atoms with van der Waals surface area (Å²) < 4.78 is 0. The number of hydrogen-bond acceptors (Lipinski definition) is 5. The van der Waals surface area contributed by atoms with E-state index in [2.05, 4.69) is 22.4 Å². The lowest BCUT2D eigenvalue weighted by atomic mass is 10.2. The molecule has 25 heavy (non-hydrogen) atoms. The number of piperazine rings is 1. The lowest BCUT2D eigenvalue weighted by Gasteiger charge is -2.35. The first-order chi connectivity index (χ1) is 12.3. The Morgan fingerprint density at radius 3 is 2.64 bits per heavy atom. The van der Waals surface area contributed by atoms with E-state index in [0.717, 1.165) is 54.3 Å². The van der Waals surface area contributed by atoms with Gasteiger partial charge in [-0.3, -0.25) is 4.79 Å². The van der Waals surface area contributed by atoms with Crippen molar-refractivity contribution in [3.8, 4) is 11.4 Å². The summed E-state index contributed by atoms with van der Waals surface area (Å²) in [7, 11) is 0. The van der Waals surface area contributed by atoms with Crippen LogP contribution in [0.15, 0.2) is 41.1 Å². The van der Waals surface area contributed by atoms with Gasteiger partial charge in [-0.15, -0.1) is 0 Å².